The maximum atomic E-state index is 11.3. The van der Waals surface area contributed by atoms with Gasteiger partial charge >= 0.3 is 5.97 Å². The van der Waals surface area contributed by atoms with Crippen LogP contribution in [-0.4, -0.2) is 11.1 Å². The standard InChI is InChI=1S/C13H15IO2/c1-7-5-10(6-8(2)12(7)14)11(13(15)16)9-3-4-9/h5-6,9,11H,3-4H2,1-2H3,(H,15,16). The molecule has 0 saturated heterocycles. The molecule has 0 aromatic heterocycles. The van der Waals surface area contributed by atoms with Crippen LogP contribution in [0.5, 0.6) is 0 Å². The van der Waals surface area contributed by atoms with Crippen LogP contribution in [0.1, 0.15) is 35.4 Å². The molecule has 0 spiro atoms. The van der Waals surface area contributed by atoms with E-state index < -0.39 is 5.97 Å². The highest BCUT2D eigenvalue weighted by Gasteiger charge is 2.37. The molecule has 86 valence electrons. The summed E-state index contributed by atoms with van der Waals surface area (Å²) in [6, 6.07) is 4.07. The van der Waals surface area contributed by atoms with Crippen LogP contribution in [0.25, 0.3) is 0 Å². The summed E-state index contributed by atoms with van der Waals surface area (Å²) in [4.78, 5) is 11.3. The third-order valence-electron chi connectivity index (χ3n) is 3.18. The smallest absolute Gasteiger partial charge is 0.311 e. The SMILES string of the molecule is Cc1cc(C(C(=O)O)C2CC2)cc(C)c1I. The average Bonchev–Trinajstić information content (AvgIpc) is 2.98. The van der Waals surface area contributed by atoms with Crippen molar-refractivity contribution in [2.45, 2.75) is 32.6 Å². The first kappa shape index (κ1) is 11.9. The molecule has 1 aliphatic carbocycles. The molecule has 3 heteroatoms. The summed E-state index contributed by atoms with van der Waals surface area (Å²) in [5.41, 5.74) is 3.34. The zero-order valence-corrected chi connectivity index (χ0v) is 11.6. The lowest BCUT2D eigenvalue weighted by atomic mass is 9.92. The molecule has 1 atom stereocenters. The minimum absolute atomic E-state index is 0.297. The fourth-order valence-corrected chi connectivity index (χ4v) is 2.52. The molecule has 0 aliphatic heterocycles. The van der Waals surface area contributed by atoms with Gasteiger partial charge in [-0.25, -0.2) is 0 Å². The zero-order valence-electron chi connectivity index (χ0n) is 9.46. The number of carbonyl (C=O) groups is 1. The third-order valence-corrected chi connectivity index (χ3v) is 4.88. The molecule has 1 aliphatic rings. The Balaban J connectivity index is 2.41. The third kappa shape index (κ3) is 2.24. The largest absolute Gasteiger partial charge is 0.481 e. The average molecular weight is 330 g/mol. The zero-order chi connectivity index (χ0) is 11.9. The summed E-state index contributed by atoms with van der Waals surface area (Å²) >= 11 is 2.31. The van der Waals surface area contributed by atoms with Crippen molar-refractivity contribution >= 4 is 28.6 Å². The van der Waals surface area contributed by atoms with Crippen LogP contribution in [0.4, 0.5) is 0 Å². The van der Waals surface area contributed by atoms with Gasteiger partial charge in [-0.05, 0) is 71.9 Å². The van der Waals surface area contributed by atoms with Gasteiger partial charge in [0, 0.05) is 3.57 Å². The van der Waals surface area contributed by atoms with Gasteiger partial charge in [-0.1, -0.05) is 12.1 Å². The lowest BCUT2D eigenvalue weighted by molar-refractivity contribution is -0.139. The topological polar surface area (TPSA) is 37.3 Å². The second-order valence-corrected chi connectivity index (χ2v) is 5.70. The lowest BCUT2D eigenvalue weighted by Gasteiger charge is -2.14. The Morgan fingerprint density at radius 2 is 1.88 bits per heavy atom. The molecule has 1 aromatic rings. The molecule has 2 nitrogen and oxygen atoms in total. The molecule has 1 fully saturated rings. The first-order valence-corrected chi connectivity index (χ1v) is 6.58. The van der Waals surface area contributed by atoms with Crippen LogP contribution in [0.15, 0.2) is 12.1 Å². The van der Waals surface area contributed by atoms with Crippen molar-refractivity contribution in [2.75, 3.05) is 0 Å². The lowest BCUT2D eigenvalue weighted by Crippen LogP contribution is -2.14. The number of carboxylic acids is 1. The van der Waals surface area contributed by atoms with Crippen molar-refractivity contribution in [1.82, 2.24) is 0 Å². The molecule has 16 heavy (non-hydrogen) atoms. The fourth-order valence-electron chi connectivity index (χ4n) is 2.20. The summed E-state index contributed by atoms with van der Waals surface area (Å²) in [5.74, 6) is -0.617. The van der Waals surface area contributed by atoms with Crippen molar-refractivity contribution in [3.63, 3.8) is 0 Å². The number of carboxylic acid groups (broad SMARTS) is 1. The van der Waals surface area contributed by atoms with E-state index in [0.717, 1.165) is 18.4 Å². The first-order valence-electron chi connectivity index (χ1n) is 5.50. The summed E-state index contributed by atoms with van der Waals surface area (Å²) in [5, 5.41) is 9.29. The van der Waals surface area contributed by atoms with Gasteiger partial charge in [0.25, 0.3) is 0 Å². The fraction of sp³-hybridized carbons (Fsp3) is 0.462. The van der Waals surface area contributed by atoms with E-state index in [2.05, 4.69) is 22.6 Å². The number of hydrogen-bond donors (Lipinski definition) is 1. The van der Waals surface area contributed by atoms with Crippen LogP contribution in [0, 0.1) is 23.3 Å². The quantitative estimate of drug-likeness (QED) is 0.862. The molecule has 0 radical (unpaired) electrons. The highest BCUT2D eigenvalue weighted by molar-refractivity contribution is 14.1. The summed E-state index contributed by atoms with van der Waals surface area (Å²) in [7, 11) is 0. The summed E-state index contributed by atoms with van der Waals surface area (Å²) < 4.78 is 1.24. The van der Waals surface area contributed by atoms with Crippen LogP contribution in [0.3, 0.4) is 0 Å². The van der Waals surface area contributed by atoms with Crippen molar-refractivity contribution in [1.29, 1.82) is 0 Å². The van der Waals surface area contributed by atoms with Gasteiger partial charge in [-0.15, -0.1) is 0 Å². The van der Waals surface area contributed by atoms with E-state index >= 15 is 0 Å². The first-order chi connectivity index (χ1) is 7.50. The van der Waals surface area contributed by atoms with Gasteiger partial charge in [-0.3, -0.25) is 4.79 Å². The van der Waals surface area contributed by atoms with Crippen LogP contribution < -0.4 is 0 Å². The van der Waals surface area contributed by atoms with E-state index in [1.807, 2.05) is 26.0 Å². The van der Waals surface area contributed by atoms with Crippen molar-refractivity contribution < 1.29 is 9.90 Å². The second-order valence-electron chi connectivity index (χ2n) is 4.62. The van der Waals surface area contributed by atoms with Gasteiger partial charge in [0.05, 0.1) is 5.92 Å². The monoisotopic (exact) mass is 330 g/mol. The van der Waals surface area contributed by atoms with Gasteiger partial charge in [0.2, 0.25) is 0 Å². The molecule has 0 heterocycles. The number of rotatable bonds is 3. The van der Waals surface area contributed by atoms with Crippen molar-refractivity contribution in [2.24, 2.45) is 5.92 Å². The molecule has 1 unspecified atom stereocenters. The van der Waals surface area contributed by atoms with Gasteiger partial charge in [0.1, 0.15) is 0 Å². The Kier molecular flexibility index (Phi) is 3.24. The van der Waals surface area contributed by atoms with Crippen LogP contribution >= 0.6 is 22.6 Å². The van der Waals surface area contributed by atoms with Gasteiger partial charge in [-0.2, -0.15) is 0 Å². The van der Waals surface area contributed by atoms with E-state index in [0.29, 0.717) is 5.92 Å². The highest BCUT2D eigenvalue weighted by atomic mass is 127. The van der Waals surface area contributed by atoms with E-state index in [1.54, 1.807) is 0 Å². The number of benzene rings is 1. The molecular formula is C13H15IO2. The molecule has 2 rings (SSSR count). The normalized spacial score (nSPS) is 17.2. The minimum Gasteiger partial charge on any atom is -0.481 e. The van der Waals surface area contributed by atoms with Crippen molar-refractivity contribution in [3.8, 4) is 0 Å². The highest BCUT2D eigenvalue weighted by Crippen LogP contribution is 2.43. The number of aryl methyl sites for hydroxylation is 2. The maximum Gasteiger partial charge on any atom is 0.311 e. The summed E-state index contributed by atoms with van der Waals surface area (Å²) in [6.45, 7) is 4.09. The maximum absolute atomic E-state index is 11.3. The van der Waals surface area contributed by atoms with Gasteiger partial charge in [0.15, 0.2) is 0 Å². The number of aliphatic carboxylic acids is 1. The van der Waals surface area contributed by atoms with E-state index in [4.69, 9.17) is 0 Å². The number of halogens is 1. The van der Waals surface area contributed by atoms with E-state index in [-0.39, 0.29) is 5.92 Å². The Bertz CT molecular complexity index is 413. The van der Waals surface area contributed by atoms with Crippen molar-refractivity contribution in [3.05, 3.63) is 32.4 Å². The van der Waals surface area contributed by atoms with E-state index in [9.17, 15) is 9.90 Å². The molecule has 0 amide bonds. The molecular weight excluding hydrogens is 315 g/mol. The Morgan fingerprint density at radius 1 is 1.38 bits per heavy atom. The molecule has 1 saturated carbocycles. The molecule has 1 N–H and O–H groups in total. The molecule has 0 bridgehead atoms. The Morgan fingerprint density at radius 3 is 2.25 bits per heavy atom. The molecule has 1 aromatic carbocycles. The predicted octanol–water partition coefficient (Wildman–Crippen LogP) is 3.49. The Hall–Kier alpha value is -0.580. The Labute approximate surface area is 109 Å². The predicted molar refractivity (Wildman–Crippen MR) is 71.7 cm³/mol. The van der Waals surface area contributed by atoms with Crippen LogP contribution in [-0.2, 0) is 4.79 Å². The summed E-state index contributed by atoms with van der Waals surface area (Å²) in [6.07, 6.45) is 2.11. The minimum atomic E-state index is -0.678. The van der Waals surface area contributed by atoms with Crippen LogP contribution in [0.2, 0.25) is 0 Å². The van der Waals surface area contributed by atoms with Gasteiger partial charge < -0.3 is 5.11 Å². The number of hydrogen-bond acceptors (Lipinski definition) is 1. The second kappa shape index (κ2) is 4.35. The van der Waals surface area contributed by atoms with E-state index in [1.165, 1.54) is 14.7 Å².